The highest BCUT2D eigenvalue weighted by molar-refractivity contribution is 5.95. The maximum Gasteiger partial charge on any atom is 0.410 e. The van der Waals surface area contributed by atoms with Crippen LogP contribution >= 0.6 is 0 Å². The van der Waals surface area contributed by atoms with Crippen LogP contribution in [0.2, 0.25) is 0 Å². The molecule has 1 fully saturated rings. The van der Waals surface area contributed by atoms with E-state index in [-0.39, 0.29) is 17.6 Å². The summed E-state index contributed by atoms with van der Waals surface area (Å²) >= 11 is 0. The molecule has 1 aromatic rings. The number of piperidine rings is 1. The topological polar surface area (TPSA) is 116 Å². The van der Waals surface area contributed by atoms with Gasteiger partial charge < -0.3 is 25.2 Å². The number of likely N-dealkylation sites (tertiary alicyclic amines) is 1. The molecule has 28 heavy (non-hydrogen) atoms. The minimum absolute atomic E-state index is 0.126. The van der Waals surface area contributed by atoms with Crippen molar-refractivity contribution in [1.29, 1.82) is 0 Å². The molecule has 2 rings (SSSR count). The van der Waals surface area contributed by atoms with Crippen LogP contribution in [0.25, 0.3) is 0 Å². The summed E-state index contributed by atoms with van der Waals surface area (Å²) in [5.74, 6) is -1.51. The highest BCUT2D eigenvalue weighted by Crippen LogP contribution is 2.20. The Hall–Kier alpha value is -2.77. The third-order valence-electron chi connectivity index (χ3n) is 4.59. The molecule has 1 aromatic carbocycles. The summed E-state index contributed by atoms with van der Waals surface area (Å²) in [5, 5.41) is 22.1. The van der Waals surface area contributed by atoms with Crippen LogP contribution in [0.4, 0.5) is 4.79 Å². The first kappa shape index (κ1) is 21.5. The van der Waals surface area contributed by atoms with E-state index in [0.717, 1.165) is 25.0 Å². The van der Waals surface area contributed by atoms with E-state index in [1.165, 1.54) is 0 Å². The predicted octanol–water partition coefficient (Wildman–Crippen LogP) is 2.14. The van der Waals surface area contributed by atoms with Gasteiger partial charge in [-0.1, -0.05) is 0 Å². The molecule has 2 amide bonds. The number of aromatic hydroxyl groups is 2. The molecule has 1 aliphatic heterocycles. The number of aryl methyl sites for hydroxylation is 1. The summed E-state index contributed by atoms with van der Waals surface area (Å²) in [7, 11) is 0. The normalized spacial score (nSPS) is 15.2. The van der Waals surface area contributed by atoms with Gasteiger partial charge in [-0.2, -0.15) is 0 Å². The minimum Gasteiger partial charge on any atom is -0.504 e. The number of nitrogens with zero attached hydrogens (tertiary/aromatic N) is 1. The molecule has 0 atom stereocenters. The van der Waals surface area contributed by atoms with E-state index < -0.39 is 28.4 Å². The molecule has 1 heterocycles. The van der Waals surface area contributed by atoms with Gasteiger partial charge in [0.15, 0.2) is 11.5 Å². The van der Waals surface area contributed by atoms with Crippen molar-refractivity contribution in [3.63, 3.8) is 0 Å². The molecule has 8 nitrogen and oxygen atoms in total. The molecule has 0 radical (unpaired) electrons. The van der Waals surface area contributed by atoms with E-state index >= 15 is 0 Å². The summed E-state index contributed by atoms with van der Waals surface area (Å²) in [6.07, 6.45) is 1.14. The standard InChI is InChI=1S/C20H28N2O6/c1-12-9-15(23)17(25)16(24)10-14(12)18(26)21-11-13-5-7-22(8-6-13)19(27)28-20(2,3)4/h9-10,13H,5-8,11H2,1-4H3,(H,21,26)(H2,23,24,25). The van der Waals surface area contributed by atoms with Crippen LogP contribution in [0.3, 0.4) is 0 Å². The third kappa shape index (κ3) is 5.61. The van der Waals surface area contributed by atoms with Gasteiger partial charge in [0.25, 0.3) is 11.3 Å². The number of carbonyl (C=O) groups is 2. The lowest BCUT2D eigenvalue weighted by Gasteiger charge is -2.33. The summed E-state index contributed by atoms with van der Waals surface area (Å²) in [5.41, 5.74) is -0.944. The molecule has 154 valence electrons. The molecule has 0 aliphatic carbocycles. The lowest BCUT2D eigenvalue weighted by atomic mass is 9.97. The van der Waals surface area contributed by atoms with E-state index in [4.69, 9.17) is 4.74 Å². The fourth-order valence-corrected chi connectivity index (χ4v) is 3.02. The van der Waals surface area contributed by atoms with Crippen molar-refractivity contribution >= 4 is 12.0 Å². The zero-order chi connectivity index (χ0) is 21.1. The molecule has 0 saturated carbocycles. The van der Waals surface area contributed by atoms with E-state index in [9.17, 15) is 24.6 Å². The Morgan fingerprint density at radius 3 is 2.32 bits per heavy atom. The smallest absolute Gasteiger partial charge is 0.410 e. The first-order valence-corrected chi connectivity index (χ1v) is 9.31. The average Bonchev–Trinajstić information content (AvgIpc) is 2.70. The van der Waals surface area contributed by atoms with Crippen molar-refractivity contribution in [2.75, 3.05) is 19.6 Å². The number of ether oxygens (including phenoxy) is 1. The number of amides is 2. The molecular weight excluding hydrogens is 364 g/mol. The Morgan fingerprint density at radius 1 is 1.18 bits per heavy atom. The van der Waals surface area contributed by atoms with Gasteiger partial charge in [0.1, 0.15) is 5.60 Å². The van der Waals surface area contributed by atoms with Crippen LogP contribution < -0.4 is 10.7 Å². The molecule has 3 N–H and O–H groups in total. The predicted molar refractivity (Wildman–Crippen MR) is 104 cm³/mol. The molecule has 1 aliphatic rings. The minimum atomic E-state index is -0.920. The first-order valence-electron chi connectivity index (χ1n) is 9.31. The van der Waals surface area contributed by atoms with Gasteiger partial charge in [-0.15, -0.1) is 0 Å². The highest BCUT2D eigenvalue weighted by atomic mass is 16.6. The number of hydrogen-bond acceptors (Lipinski definition) is 6. The number of rotatable bonds is 3. The van der Waals surface area contributed by atoms with Crippen molar-refractivity contribution < 1.29 is 24.5 Å². The maximum absolute atomic E-state index is 12.5. The number of nitrogens with one attached hydrogen (secondary N) is 1. The Labute approximate surface area is 164 Å². The second-order valence-electron chi connectivity index (χ2n) is 8.11. The second kappa shape index (κ2) is 8.50. The Kier molecular flexibility index (Phi) is 6.53. The van der Waals surface area contributed by atoms with Crippen molar-refractivity contribution in [2.24, 2.45) is 5.92 Å². The fourth-order valence-electron chi connectivity index (χ4n) is 3.02. The van der Waals surface area contributed by atoms with E-state index in [1.54, 1.807) is 11.8 Å². The van der Waals surface area contributed by atoms with Crippen LogP contribution in [-0.2, 0) is 4.74 Å². The lowest BCUT2D eigenvalue weighted by molar-refractivity contribution is 0.0183. The Balaban J connectivity index is 1.92. The van der Waals surface area contributed by atoms with Crippen LogP contribution in [0.5, 0.6) is 11.5 Å². The summed E-state index contributed by atoms with van der Waals surface area (Å²) in [6.45, 7) is 8.58. The average molecular weight is 392 g/mol. The van der Waals surface area contributed by atoms with E-state index in [1.807, 2.05) is 20.8 Å². The Bertz CT molecular complexity index is 807. The molecule has 0 bridgehead atoms. The van der Waals surface area contributed by atoms with E-state index in [0.29, 0.717) is 25.2 Å². The van der Waals surface area contributed by atoms with E-state index in [2.05, 4.69) is 5.32 Å². The fraction of sp³-hybridized carbons (Fsp3) is 0.550. The van der Waals surface area contributed by atoms with Gasteiger partial charge in [-0.25, -0.2) is 4.79 Å². The summed E-state index contributed by atoms with van der Waals surface area (Å²) in [6, 6.07) is 2.23. The zero-order valence-corrected chi connectivity index (χ0v) is 16.7. The molecule has 0 unspecified atom stereocenters. The molecular formula is C20H28N2O6. The van der Waals surface area contributed by atoms with Crippen molar-refractivity contribution in [3.05, 3.63) is 33.5 Å². The number of carbonyl (C=O) groups excluding carboxylic acids is 2. The molecule has 0 spiro atoms. The van der Waals surface area contributed by atoms with Gasteiger partial charge in [0, 0.05) is 25.2 Å². The van der Waals surface area contributed by atoms with Crippen molar-refractivity contribution in [1.82, 2.24) is 10.2 Å². The maximum atomic E-state index is 12.5. The highest BCUT2D eigenvalue weighted by Gasteiger charge is 2.27. The van der Waals surface area contributed by atoms with Crippen molar-refractivity contribution in [3.8, 4) is 11.5 Å². The molecule has 0 aromatic heterocycles. The van der Waals surface area contributed by atoms with Gasteiger partial charge >= 0.3 is 6.09 Å². The monoisotopic (exact) mass is 392 g/mol. The van der Waals surface area contributed by atoms with Gasteiger partial charge in [0.05, 0.1) is 0 Å². The van der Waals surface area contributed by atoms with Crippen LogP contribution in [0.15, 0.2) is 16.9 Å². The first-order chi connectivity index (χ1) is 13.0. The number of hydrogen-bond donors (Lipinski definition) is 3. The second-order valence-corrected chi connectivity index (χ2v) is 8.11. The quantitative estimate of drug-likeness (QED) is 0.726. The third-order valence-corrected chi connectivity index (χ3v) is 4.59. The molecule has 1 saturated heterocycles. The SMILES string of the molecule is Cc1cc(O)c(=O)c(O)cc1C(=O)NCC1CCN(C(=O)OC(C)(C)C)CC1. The zero-order valence-electron chi connectivity index (χ0n) is 16.7. The Morgan fingerprint density at radius 2 is 1.75 bits per heavy atom. The van der Waals surface area contributed by atoms with Crippen LogP contribution in [0.1, 0.15) is 49.5 Å². The van der Waals surface area contributed by atoms with Crippen LogP contribution in [-0.4, -0.2) is 52.3 Å². The lowest BCUT2D eigenvalue weighted by Crippen LogP contribution is -2.43. The summed E-state index contributed by atoms with van der Waals surface area (Å²) < 4.78 is 5.37. The van der Waals surface area contributed by atoms with Gasteiger partial charge in [-0.3, -0.25) is 9.59 Å². The molecule has 8 heteroatoms. The van der Waals surface area contributed by atoms with Gasteiger partial charge in [-0.05, 0) is 64.2 Å². The van der Waals surface area contributed by atoms with Crippen LogP contribution in [0, 0.1) is 12.8 Å². The summed E-state index contributed by atoms with van der Waals surface area (Å²) in [4.78, 5) is 37.8. The largest absolute Gasteiger partial charge is 0.504 e. The van der Waals surface area contributed by atoms with Gasteiger partial charge in [0.2, 0.25) is 0 Å². The van der Waals surface area contributed by atoms with Crippen molar-refractivity contribution in [2.45, 2.75) is 46.1 Å².